The van der Waals surface area contributed by atoms with Gasteiger partial charge in [0.25, 0.3) is 5.91 Å². The van der Waals surface area contributed by atoms with Gasteiger partial charge in [0.2, 0.25) is 0 Å². The molecule has 3 heterocycles. The molecule has 1 amide bonds. The Morgan fingerprint density at radius 3 is 3.00 bits per heavy atom. The minimum Gasteiger partial charge on any atom is -0.465 e. The standard InChI is InChI=1S/C18H25N5O5/c1-12-6-7-13(10-24)21-16(12)22-14-9-18(27-2,20-11-19-14)28-15-5-3-4-8-23(15)17(25)26/h6-7,9,11,15,24H,3-5,8,10H2,1-2H3,(H,19,20)(H,21,22)(H,25,26). The van der Waals surface area contributed by atoms with Crippen LogP contribution in [0.5, 0.6) is 0 Å². The van der Waals surface area contributed by atoms with Gasteiger partial charge in [0, 0.05) is 19.7 Å². The Morgan fingerprint density at radius 2 is 2.29 bits per heavy atom. The second-order valence-electron chi connectivity index (χ2n) is 6.59. The fraction of sp³-hybridized carbons (Fsp3) is 0.500. The van der Waals surface area contributed by atoms with E-state index in [1.165, 1.54) is 18.3 Å². The predicted molar refractivity (Wildman–Crippen MR) is 101 cm³/mol. The fourth-order valence-corrected chi connectivity index (χ4v) is 3.10. The number of aromatic nitrogens is 1. The number of carboxylic acid groups (broad SMARTS) is 1. The van der Waals surface area contributed by atoms with Crippen LogP contribution in [0.4, 0.5) is 10.6 Å². The molecule has 0 spiro atoms. The van der Waals surface area contributed by atoms with E-state index < -0.39 is 18.2 Å². The normalized spacial score (nSPS) is 24.5. The summed E-state index contributed by atoms with van der Waals surface area (Å²) in [5.74, 6) is -0.387. The second kappa shape index (κ2) is 8.55. The lowest BCUT2D eigenvalue weighted by Crippen LogP contribution is -2.50. The maximum absolute atomic E-state index is 11.5. The quantitative estimate of drug-likeness (QED) is 0.538. The molecule has 0 saturated carbocycles. The molecule has 2 aliphatic rings. The molecule has 4 N–H and O–H groups in total. The molecule has 1 aromatic rings. The summed E-state index contributed by atoms with van der Waals surface area (Å²) in [4.78, 5) is 21.4. The molecular weight excluding hydrogens is 366 g/mol. The number of anilines is 1. The molecule has 152 valence electrons. The molecule has 0 aliphatic carbocycles. The second-order valence-corrected chi connectivity index (χ2v) is 6.59. The van der Waals surface area contributed by atoms with Gasteiger partial charge in [-0.1, -0.05) is 6.07 Å². The Kier molecular flexibility index (Phi) is 6.12. The molecule has 28 heavy (non-hydrogen) atoms. The van der Waals surface area contributed by atoms with E-state index in [0.717, 1.165) is 18.4 Å². The van der Waals surface area contributed by atoms with Crippen molar-refractivity contribution in [3.05, 3.63) is 35.3 Å². The summed E-state index contributed by atoms with van der Waals surface area (Å²) in [6.07, 6.45) is 3.55. The minimum atomic E-state index is -1.47. The van der Waals surface area contributed by atoms with Gasteiger partial charge in [0.15, 0.2) is 0 Å². The van der Waals surface area contributed by atoms with Gasteiger partial charge in [0.05, 0.1) is 18.6 Å². The average molecular weight is 391 g/mol. The number of aliphatic hydroxyl groups excluding tert-OH is 1. The highest BCUT2D eigenvalue weighted by molar-refractivity contribution is 5.65. The molecule has 1 aromatic heterocycles. The van der Waals surface area contributed by atoms with Crippen LogP contribution in [0.1, 0.15) is 30.5 Å². The zero-order valence-corrected chi connectivity index (χ0v) is 15.9. The van der Waals surface area contributed by atoms with Crippen LogP contribution >= 0.6 is 0 Å². The third-order valence-corrected chi connectivity index (χ3v) is 4.65. The van der Waals surface area contributed by atoms with Crippen LogP contribution in [0.15, 0.2) is 29.0 Å². The van der Waals surface area contributed by atoms with Crippen molar-refractivity contribution >= 4 is 18.2 Å². The van der Waals surface area contributed by atoms with E-state index >= 15 is 0 Å². The van der Waals surface area contributed by atoms with Crippen molar-refractivity contribution < 1.29 is 24.5 Å². The van der Waals surface area contributed by atoms with Gasteiger partial charge in [0.1, 0.15) is 17.9 Å². The molecule has 2 aliphatic heterocycles. The number of aryl methyl sites for hydroxylation is 1. The summed E-state index contributed by atoms with van der Waals surface area (Å²) < 4.78 is 11.5. The molecule has 10 heteroatoms. The summed E-state index contributed by atoms with van der Waals surface area (Å²) >= 11 is 0. The summed E-state index contributed by atoms with van der Waals surface area (Å²) in [6, 6.07) is 3.60. The van der Waals surface area contributed by atoms with E-state index in [0.29, 0.717) is 30.3 Å². The number of pyridine rings is 1. The topological polar surface area (TPSA) is 129 Å². The predicted octanol–water partition coefficient (Wildman–Crippen LogP) is 1.57. The molecule has 0 radical (unpaired) electrons. The van der Waals surface area contributed by atoms with Crippen molar-refractivity contribution in [2.45, 2.75) is 44.9 Å². The Hall–Kier alpha value is -2.69. The van der Waals surface area contributed by atoms with Crippen LogP contribution in [0.25, 0.3) is 0 Å². The molecule has 2 unspecified atom stereocenters. The lowest BCUT2D eigenvalue weighted by molar-refractivity contribution is -0.241. The first-order valence-corrected chi connectivity index (χ1v) is 9.06. The van der Waals surface area contributed by atoms with Crippen LogP contribution in [0, 0.1) is 6.92 Å². The Bertz CT molecular complexity index is 784. The molecule has 3 rings (SSSR count). The SMILES string of the molecule is COC1(OC2CCCCN2C(=O)O)C=C(Nc2nc(CO)ccc2C)NC=N1. The van der Waals surface area contributed by atoms with E-state index in [1.54, 1.807) is 12.1 Å². The molecule has 1 saturated heterocycles. The average Bonchev–Trinajstić information content (AvgIpc) is 2.70. The van der Waals surface area contributed by atoms with Crippen LogP contribution in [-0.4, -0.2) is 58.3 Å². The van der Waals surface area contributed by atoms with Crippen LogP contribution in [-0.2, 0) is 16.1 Å². The van der Waals surface area contributed by atoms with Crippen molar-refractivity contribution in [1.29, 1.82) is 0 Å². The van der Waals surface area contributed by atoms with Gasteiger partial charge in [-0.05, 0) is 37.8 Å². The van der Waals surface area contributed by atoms with Gasteiger partial charge in [-0.2, -0.15) is 0 Å². The number of likely N-dealkylation sites (tertiary alicyclic amines) is 1. The third-order valence-electron chi connectivity index (χ3n) is 4.65. The first-order chi connectivity index (χ1) is 13.5. The maximum atomic E-state index is 11.5. The molecule has 10 nitrogen and oxygen atoms in total. The van der Waals surface area contributed by atoms with Crippen LogP contribution in [0.3, 0.4) is 0 Å². The summed E-state index contributed by atoms with van der Waals surface area (Å²) in [7, 11) is 1.45. The number of hydrogen-bond acceptors (Lipinski definition) is 8. The molecule has 0 aromatic carbocycles. The maximum Gasteiger partial charge on any atom is 0.409 e. The van der Waals surface area contributed by atoms with Crippen molar-refractivity contribution in [1.82, 2.24) is 15.2 Å². The lowest BCUT2D eigenvalue weighted by Gasteiger charge is -2.38. The van der Waals surface area contributed by atoms with Crippen LogP contribution < -0.4 is 10.6 Å². The number of carbonyl (C=O) groups is 1. The minimum absolute atomic E-state index is 0.166. The van der Waals surface area contributed by atoms with E-state index in [4.69, 9.17) is 9.47 Å². The highest BCUT2D eigenvalue weighted by Gasteiger charge is 2.38. The number of nitrogens with zero attached hydrogens (tertiary/aromatic N) is 3. The Labute approximate surface area is 162 Å². The van der Waals surface area contributed by atoms with Crippen molar-refractivity contribution in [2.75, 3.05) is 19.0 Å². The van der Waals surface area contributed by atoms with E-state index in [9.17, 15) is 15.0 Å². The third kappa shape index (κ3) is 4.41. The molecular formula is C18H25N5O5. The van der Waals surface area contributed by atoms with Crippen molar-refractivity contribution in [3.8, 4) is 0 Å². The highest BCUT2D eigenvalue weighted by atomic mass is 16.7. The van der Waals surface area contributed by atoms with Gasteiger partial charge in [-0.3, -0.25) is 4.90 Å². The van der Waals surface area contributed by atoms with Gasteiger partial charge in [-0.25, -0.2) is 14.8 Å². The lowest BCUT2D eigenvalue weighted by atomic mass is 10.1. The van der Waals surface area contributed by atoms with Crippen molar-refractivity contribution in [2.24, 2.45) is 4.99 Å². The Morgan fingerprint density at radius 1 is 1.46 bits per heavy atom. The fourth-order valence-electron chi connectivity index (χ4n) is 3.10. The number of rotatable bonds is 6. The van der Waals surface area contributed by atoms with E-state index in [1.807, 2.05) is 13.0 Å². The van der Waals surface area contributed by atoms with E-state index in [2.05, 4.69) is 20.6 Å². The number of ether oxygens (including phenoxy) is 2. The zero-order chi connectivity index (χ0) is 20.1. The van der Waals surface area contributed by atoms with E-state index in [-0.39, 0.29) is 6.61 Å². The zero-order valence-electron chi connectivity index (χ0n) is 15.9. The van der Waals surface area contributed by atoms with Crippen LogP contribution in [0.2, 0.25) is 0 Å². The van der Waals surface area contributed by atoms with Crippen molar-refractivity contribution in [3.63, 3.8) is 0 Å². The molecule has 2 atom stereocenters. The number of methoxy groups -OCH3 is 1. The Balaban J connectivity index is 1.81. The van der Waals surface area contributed by atoms with Gasteiger partial charge >= 0.3 is 6.09 Å². The number of aliphatic hydroxyl groups is 1. The molecule has 0 bridgehead atoms. The first-order valence-electron chi connectivity index (χ1n) is 9.06. The number of amides is 1. The summed E-state index contributed by atoms with van der Waals surface area (Å²) in [5, 5.41) is 24.8. The monoisotopic (exact) mass is 391 g/mol. The highest BCUT2D eigenvalue weighted by Crippen LogP contribution is 2.28. The summed E-state index contributed by atoms with van der Waals surface area (Å²) in [6.45, 7) is 2.13. The smallest absolute Gasteiger partial charge is 0.409 e. The van der Waals surface area contributed by atoms with Gasteiger partial charge < -0.3 is 30.3 Å². The largest absolute Gasteiger partial charge is 0.465 e. The summed E-state index contributed by atoms with van der Waals surface area (Å²) in [5.41, 5.74) is 1.42. The number of hydrogen-bond donors (Lipinski definition) is 4. The molecule has 1 fully saturated rings. The number of nitrogens with one attached hydrogen (secondary N) is 2. The number of aliphatic imine (C=N–C) groups is 1. The van der Waals surface area contributed by atoms with Gasteiger partial charge in [-0.15, -0.1) is 0 Å². The number of piperidine rings is 1. The first kappa shape index (κ1) is 20.1.